The first kappa shape index (κ1) is 40.5. The number of nitrogens with one attached hydrogen (secondary N) is 1. The number of benzene rings is 2. The number of fused-ring (bicyclic) bond motifs is 6. The highest BCUT2D eigenvalue weighted by molar-refractivity contribution is 6.31. The molecule has 11 rings (SSSR count). The molecule has 2 saturated heterocycles. The monoisotopic (exact) mass is 863 g/mol. The Labute approximate surface area is 354 Å². The molecule has 7 fully saturated rings. The van der Waals surface area contributed by atoms with E-state index in [0.717, 1.165) is 31.1 Å². The predicted molar refractivity (Wildman–Crippen MR) is 204 cm³/mol. The normalized spacial score (nSPS) is 42.0. The van der Waals surface area contributed by atoms with E-state index in [1.54, 1.807) is 0 Å². The Morgan fingerprint density at radius 1 is 0.919 bits per heavy atom. The van der Waals surface area contributed by atoms with Crippen molar-refractivity contribution in [3.8, 4) is 17.2 Å². The number of ketones is 3. The van der Waals surface area contributed by atoms with Crippen LogP contribution in [0.5, 0.6) is 17.2 Å². The fourth-order valence-corrected chi connectivity index (χ4v) is 13.1. The molecule has 2 bridgehead atoms. The van der Waals surface area contributed by atoms with Gasteiger partial charge in [0.2, 0.25) is 17.4 Å². The van der Waals surface area contributed by atoms with Crippen LogP contribution in [0.15, 0.2) is 18.2 Å². The lowest BCUT2D eigenvalue weighted by molar-refractivity contribution is -0.678. The molecule has 0 radical (unpaired) electrons. The van der Waals surface area contributed by atoms with Crippen molar-refractivity contribution in [2.45, 2.75) is 131 Å². The number of aliphatic hydroxyl groups excluding tert-OH is 2. The molecule has 62 heavy (non-hydrogen) atoms. The smallest absolute Gasteiger partial charge is 0.407 e. The third-order valence-corrected chi connectivity index (χ3v) is 16.1. The first-order valence-electron chi connectivity index (χ1n) is 21.6. The van der Waals surface area contributed by atoms with Gasteiger partial charge in [0.1, 0.15) is 41.7 Å². The van der Waals surface area contributed by atoms with E-state index in [-0.39, 0.29) is 52.7 Å². The standard InChI is InChI=1S/C44H49NO17/c1-18-35(48)25(45-40(53)57-22-5-4-8-42(14-22)59-61-44(62-60-42)21-10-19-9-20-11-28(44)43(19,20)13-21)12-30(56-18)58-27-16-41(54,29(47)17-46)15-24-32(27)39(52)34-33(37(24)50)36(49)23-6-3-7-26(55-2)31(23)38(34)51/h3,6-7,18-22,25,27-28,30,35,46,48,50,52,54H,4-5,8-17H2,1-2H3,(H,45,53)/t18-,19?,20?,21?,22?,25?,27-,28?,30-,35+,41-,42?,43?,44?/m1/s1. The lowest BCUT2D eigenvalue weighted by atomic mass is 9.37. The van der Waals surface area contributed by atoms with Crippen LogP contribution in [0.4, 0.5) is 4.79 Å². The third kappa shape index (κ3) is 5.47. The Kier molecular flexibility index (Phi) is 9.07. The summed E-state index contributed by atoms with van der Waals surface area (Å²) in [6, 6.07) is 3.31. The summed E-state index contributed by atoms with van der Waals surface area (Å²) < 4.78 is 23.5. The van der Waals surface area contributed by atoms with Crippen LogP contribution in [0.1, 0.15) is 120 Å². The van der Waals surface area contributed by atoms with Crippen molar-refractivity contribution in [2.24, 2.45) is 29.1 Å². The number of ether oxygens (including phenoxy) is 4. The SMILES string of the molecule is COc1cccc2c1C(=O)c1c(O)c3c(c(O)c1C2=O)C[C@](O)(C(=O)CO)C[C@H]3O[C@@H]1CC(NC(=O)OC2CCCC3(C2)OOC2(OO3)C3CC4CC5CC2C45C3)[C@@H](O)[C@@H](C)O1. The summed E-state index contributed by atoms with van der Waals surface area (Å²) in [5.41, 5.74) is -3.77. The van der Waals surface area contributed by atoms with Gasteiger partial charge in [-0.15, -0.1) is 0 Å². The van der Waals surface area contributed by atoms with Crippen molar-refractivity contribution in [3.05, 3.63) is 51.6 Å². The second kappa shape index (κ2) is 13.9. The average Bonchev–Trinajstić information content (AvgIpc) is 3.73. The van der Waals surface area contributed by atoms with E-state index in [9.17, 15) is 44.7 Å². The molecule has 9 aliphatic rings. The van der Waals surface area contributed by atoms with Gasteiger partial charge in [-0.3, -0.25) is 14.4 Å². The highest BCUT2D eigenvalue weighted by Gasteiger charge is 2.84. The van der Waals surface area contributed by atoms with Gasteiger partial charge in [-0.1, -0.05) is 12.1 Å². The summed E-state index contributed by atoms with van der Waals surface area (Å²) in [5.74, 6) is -4.30. The number of methoxy groups -OCH3 is 1. The molecule has 1 amide bonds. The predicted octanol–water partition coefficient (Wildman–Crippen LogP) is 3.08. The van der Waals surface area contributed by atoms with E-state index < -0.39 is 119 Å². The Morgan fingerprint density at radius 2 is 1.66 bits per heavy atom. The van der Waals surface area contributed by atoms with Crippen LogP contribution in [0.2, 0.25) is 0 Å². The van der Waals surface area contributed by atoms with Gasteiger partial charge in [0, 0.05) is 60.6 Å². The quantitative estimate of drug-likeness (QED) is 0.147. The summed E-state index contributed by atoms with van der Waals surface area (Å²) in [4.78, 5) is 78.9. The van der Waals surface area contributed by atoms with Gasteiger partial charge in [-0.05, 0) is 68.8 Å². The Hall–Kier alpha value is -4.24. The van der Waals surface area contributed by atoms with Crippen LogP contribution in [0.25, 0.3) is 0 Å². The number of alkyl carbamates (subject to hydrolysis) is 1. The number of Topliss-reactive ketones (excluding diaryl/α,β-unsaturated/α-hetero) is 1. The minimum atomic E-state index is -2.36. The Bertz CT molecular complexity index is 2290. The number of hydrogen-bond donors (Lipinski definition) is 6. The van der Waals surface area contributed by atoms with Gasteiger partial charge in [-0.2, -0.15) is 19.6 Å². The maximum atomic E-state index is 14.0. The van der Waals surface area contributed by atoms with Crippen molar-refractivity contribution < 1.29 is 83.2 Å². The van der Waals surface area contributed by atoms with Crippen LogP contribution >= 0.6 is 0 Å². The summed E-state index contributed by atoms with van der Waals surface area (Å²) in [7, 11) is 1.31. The number of phenolic OH excluding ortho intramolecular Hbond substituents is 2. The van der Waals surface area contributed by atoms with Crippen molar-refractivity contribution in [1.82, 2.24) is 5.32 Å². The molecule has 5 saturated carbocycles. The van der Waals surface area contributed by atoms with Crippen molar-refractivity contribution in [2.75, 3.05) is 13.7 Å². The molecule has 3 spiro atoms. The molecule has 2 heterocycles. The van der Waals surface area contributed by atoms with Crippen molar-refractivity contribution in [1.29, 1.82) is 0 Å². The second-order valence-electron chi connectivity index (χ2n) is 19.0. The molecule has 2 aliphatic heterocycles. The summed E-state index contributed by atoms with van der Waals surface area (Å²) in [6.07, 6.45) is -1.74. The summed E-state index contributed by atoms with van der Waals surface area (Å²) in [5, 5.41) is 58.9. The van der Waals surface area contributed by atoms with E-state index in [0.29, 0.717) is 24.7 Å². The Morgan fingerprint density at radius 3 is 2.39 bits per heavy atom. The fraction of sp³-hybridized carbons (Fsp3) is 0.636. The molecule has 7 aliphatic carbocycles. The van der Waals surface area contributed by atoms with Gasteiger partial charge in [0.05, 0.1) is 42.0 Å². The largest absolute Gasteiger partial charge is 0.507 e. The number of hydrogen-bond acceptors (Lipinski definition) is 17. The van der Waals surface area contributed by atoms with Crippen LogP contribution in [0, 0.1) is 29.1 Å². The molecule has 332 valence electrons. The Balaban J connectivity index is 0.800. The van der Waals surface area contributed by atoms with Gasteiger partial charge in [0.25, 0.3) is 0 Å². The summed E-state index contributed by atoms with van der Waals surface area (Å²) >= 11 is 0. The maximum absolute atomic E-state index is 14.0. The first-order chi connectivity index (χ1) is 29.7. The van der Waals surface area contributed by atoms with Crippen molar-refractivity contribution >= 4 is 23.4 Å². The minimum Gasteiger partial charge on any atom is -0.507 e. The molecule has 6 N–H and O–H groups in total. The molecular weight excluding hydrogens is 814 g/mol. The molecule has 7 unspecified atom stereocenters. The zero-order chi connectivity index (χ0) is 43.2. The van der Waals surface area contributed by atoms with Crippen LogP contribution in [-0.4, -0.2) is 111 Å². The maximum Gasteiger partial charge on any atom is 0.407 e. The molecule has 18 nitrogen and oxygen atoms in total. The first-order valence-corrected chi connectivity index (χ1v) is 21.6. The van der Waals surface area contributed by atoms with Gasteiger partial charge in [0.15, 0.2) is 17.9 Å². The number of phenols is 2. The number of aliphatic hydroxyl groups is 3. The average molecular weight is 864 g/mol. The zero-order valence-electron chi connectivity index (χ0n) is 34.1. The molecule has 12 atom stereocenters. The number of amides is 1. The highest BCUT2D eigenvalue weighted by atomic mass is 17.4. The third-order valence-electron chi connectivity index (χ3n) is 16.1. The molecule has 18 heteroatoms. The van der Waals surface area contributed by atoms with Crippen LogP contribution in [-0.2, 0) is 45.0 Å². The number of rotatable bonds is 7. The highest BCUT2D eigenvalue weighted by Crippen LogP contribution is 2.84. The molecule has 2 aromatic carbocycles. The topological polar surface area (TPSA) is 255 Å². The second-order valence-corrected chi connectivity index (χ2v) is 19.0. The molecule has 0 aromatic heterocycles. The van der Waals surface area contributed by atoms with E-state index in [2.05, 4.69) is 5.32 Å². The lowest BCUT2D eigenvalue weighted by Gasteiger charge is -2.69. The van der Waals surface area contributed by atoms with E-state index >= 15 is 0 Å². The number of aromatic hydroxyl groups is 2. The van der Waals surface area contributed by atoms with E-state index in [1.807, 2.05) is 0 Å². The van der Waals surface area contributed by atoms with Gasteiger partial charge in [-0.25, -0.2) is 4.79 Å². The number of carbonyl (C=O) groups excluding carboxylic acids is 4. The van der Waals surface area contributed by atoms with E-state index in [1.165, 1.54) is 38.7 Å². The van der Waals surface area contributed by atoms with Crippen LogP contribution in [0.3, 0.4) is 0 Å². The zero-order valence-corrected chi connectivity index (χ0v) is 34.1. The summed E-state index contributed by atoms with van der Waals surface area (Å²) in [6.45, 7) is 0.455. The van der Waals surface area contributed by atoms with Crippen LogP contribution < -0.4 is 10.1 Å². The van der Waals surface area contributed by atoms with Gasteiger partial charge >= 0.3 is 6.09 Å². The molecule has 2 aromatic rings. The minimum absolute atomic E-state index is 0.0618. The fourth-order valence-electron chi connectivity index (χ4n) is 13.1. The van der Waals surface area contributed by atoms with Crippen molar-refractivity contribution in [3.63, 3.8) is 0 Å². The number of carbonyl (C=O) groups is 4. The van der Waals surface area contributed by atoms with E-state index in [4.69, 9.17) is 38.5 Å². The molecular formula is C44H49NO17. The lowest BCUT2D eigenvalue weighted by Crippen LogP contribution is -2.69. The van der Waals surface area contributed by atoms with Gasteiger partial charge < -0.3 is 49.8 Å².